The summed E-state index contributed by atoms with van der Waals surface area (Å²) in [7, 11) is 0. The van der Waals surface area contributed by atoms with Gasteiger partial charge in [0.05, 0.1) is 10.9 Å². The number of aromatic amines is 1. The van der Waals surface area contributed by atoms with Gasteiger partial charge in [-0.05, 0) is 30.9 Å². The summed E-state index contributed by atoms with van der Waals surface area (Å²) in [5.74, 6) is -1.60. The SMILES string of the molecule is CCn1c2s[nH]c(=O)c2c(=O)c2cc(F)c(N3CCC(N)C3)c(F)c21. The predicted octanol–water partition coefficient (Wildman–Crippen LogP) is 1.74. The molecule has 1 unspecified atom stereocenters. The van der Waals surface area contributed by atoms with E-state index in [1.54, 1.807) is 16.4 Å². The summed E-state index contributed by atoms with van der Waals surface area (Å²) in [5, 5.41) is -0.186. The van der Waals surface area contributed by atoms with Crippen LogP contribution in [-0.4, -0.2) is 28.1 Å². The first kappa shape index (κ1) is 16.2. The predicted molar refractivity (Wildman–Crippen MR) is 94.6 cm³/mol. The summed E-state index contributed by atoms with van der Waals surface area (Å²) in [6.45, 7) is 2.93. The zero-order valence-electron chi connectivity index (χ0n) is 13.4. The largest absolute Gasteiger partial charge is 0.365 e. The number of benzene rings is 1. The van der Waals surface area contributed by atoms with Gasteiger partial charge in [0.2, 0.25) is 5.43 Å². The van der Waals surface area contributed by atoms with Gasteiger partial charge >= 0.3 is 0 Å². The van der Waals surface area contributed by atoms with Crippen LogP contribution in [0.3, 0.4) is 0 Å². The van der Waals surface area contributed by atoms with Crippen molar-refractivity contribution < 1.29 is 8.78 Å². The Balaban J connectivity index is 2.15. The normalized spacial score (nSPS) is 17.9. The second kappa shape index (κ2) is 5.63. The van der Waals surface area contributed by atoms with Gasteiger partial charge in [0.25, 0.3) is 5.56 Å². The molecule has 1 atom stereocenters. The molecule has 3 heterocycles. The van der Waals surface area contributed by atoms with E-state index in [2.05, 4.69) is 4.37 Å². The first-order chi connectivity index (χ1) is 11.9. The van der Waals surface area contributed by atoms with Crippen molar-refractivity contribution in [2.24, 2.45) is 5.73 Å². The molecule has 0 saturated carbocycles. The molecule has 1 saturated heterocycles. The minimum atomic E-state index is -0.815. The molecule has 2 aromatic heterocycles. The first-order valence-electron chi connectivity index (χ1n) is 8.00. The lowest BCUT2D eigenvalue weighted by molar-refractivity contribution is 0.579. The fourth-order valence-electron chi connectivity index (χ4n) is 3.54. The number of aryl methyl sites for hydroxylation is 1. The average Bonchev–Trinajstić information content (AvgIpc) is 3.15. The number of hydrogen-bond donors (Lipinski definition) is 2. The monoisotopic (exact) mass is 366 g/mol. The van der Waals surface area contributed by atoms with Crippen LogP contribution in [0.25, 0.3) is 21.1 Å². The van der Waals surface area contributed by atoms with E-state index in [1.807, 2.05) is 0 Å². The maximum Gasteiger partial charge on any atom is 0.271 e. The molecule has 0 aliphatic carbocycles. The van der Waals surface area contributed by atoms with Crippen LogP contribution in [-0.2, 0) is 6.54 Å². The highest BCUT2D eigenvalue weighted by molar-refractivity contribution is 7.12. The van der Waals surface area contributed by atoms with Gasteiger partial charge in [-0.3, -0.25) is 14.0 Å². The minimum Gasteiger partial charge on any atom is -0.365 e. The summed E-state index contributed by atoms with van der Waals surface area (Å²) in [5.41, 5.74) is 4.52. The van der Waals surface area contributed by atoms with Gasteiger partial charge in [-0.2, -0.15) is 0 Å². The Morgan fingerprint density at radius 3 is 2.80 bits per heavy atom. The smallest absolute Gasteiger partial charge is 0.271 e. The summed E-state index contributed by atoms with van der Waals surface area (Å²) < 4.78 is 34.0. The maximum atomic E-state index is 15.3. The number of nitrogens with one attached hydrogen (secondary N) is 1. The first-order valence-corrected chi connectivity index (χ1v) is 8.81. The number of rotatable bonds is 2. The number of fused-ring (bicyclic) bond motifs is 2. The van der Waals surface area contributed by atoms with Gasteiger partial charge < -0.3 is 15.2 Å². The van der Waals surface area contributed by atoms with Gasteiger partial charge in [0.15, 0.2) is 5.82 Å². The van der Waals surface area contributed by atoms with E-state index >= 15 is 4.39 Å². The average molecular weight is 366 g/mol. The second-order valence-electron chi connectivity index (χ2n) is 6.20. The number of aromatic nitrogens is 2. The van der Waals surface area contributed by atoms with Crippen LogP contribution in [0.2, 0.25) is 0 Å². The molecule has 4 rings (SSSR count). The van der Waals surface area contributed by atoms with E-state index in [4.69, 9.17) is 5.73 Å². The third kappa shape index (κ3) is 2.22. The van der Waals surface area contributed by atoms with Crippen molar-refractivity contribution in [3.8, 4) is 0 Å². The van der Waals surface area contributed by atoms with E-state index in [-0.39, 0.29) is 28.0 Å². The van der Waals surface area contributed by atoms with E-state index in [0.29, 0.717) is 30.9 Å². The molecule has 3 N–H and O–H groups in total. The van der Waals surface area contributed by atoms with Crippen LogP contribution in [0.1, 0.15) is 13.3 Å². The number of halogens is 2. The van der Waals surface area contributed by atoms with Crippen molar-refractivity contribution >= 4 is 38.3 Å². The Kier molecular flexibility index (Phi) is 3.66. The molecular weight excluding hydrogens is 350 g/mol. The molecule has 9 heteroatoms. The molecule has 6 nitrogen and oxygen atoms in total. The van der Waals surface area contributed by atoms with Crippen molar-refractivity contribution in [3.05, 3.63) is 38.3 Å². The van der Waals surface area contributed by atoms with Crippen molar-refractivity contribution in [2.75, 3.05) is 18.0 Å². The van der Waals surface area contributed by atoms with Crippen molar-refractivity contribution in [1.29, 1.82) is 0 Å². The molecule has 1 aliphatic rings. The Bertz CT molecular complexity index is 1120. The highest BCUT2D eigenvalue weighted by atomic mass is 32.1. The van der Waals surface area contributed by atoms with Gasteiger partial charge in [-0.15, -0.1) is 0 Å². The lowest BCUT2D eigenvalue weighted by Crippen LogP contribution is -2.28. The summed E-state index contributed by atoms with van der Waals surface area (Å²) >= 11 is 0.977. The number of anilines is 1. The highest BCUT2D eigenvalue weighted by Gasteiger charge is 2.28. The number of H-pyrrole nitrogens is 1. The van der Waals surface area contributed by atoms with Gasteiger partial charge in [-0.1, -0.05) is 0 Å². The molecule has 1 aromatic carbocycles. The van der Waals surface area contributed by atoms with Gasteiger partial charge in [-0.25, -0.2) is 8.78 Å². The Morgan fingerprint density at radius 1 is 1.40 bits per heavy atom. The van der Waals surface area contributed by atoms with Crippen molar-refractivity contribution in [3.63, 3.8) is 0 Å². The third-order valence-electron chi connectivity index (χ3n) is 4.69. The minimum absolute atomic E-state index is 0.0205. The fraction of sp³-hybridized carbons (Fsp3) is 0.375. The Hall–Kier alpha value is -2.26. The quantitative estimate of drug-likeness (QED) is 0.724. The number of nitrogens with zero attached hydrogens (tertiary/aromatic N) is 2. The summed E-state index contributed by atoms with van der Waals surface area (Å²) in [4.78, 5) is 26.5. The summed E-state index contributed by atoms with van der Waals surface area (Å²) in [6, 6.07) is 0.892. The molecule has 1 fully saturated rings. The van der Waals surface area contributed by atoms with Crippen molar-refractivity contribution in [1.82, 2.24) is 8.94 Å². The fourth-order valence-corrected chi connectivity index (χ4v) is 4.45. The third-order valence-corrected chi connectivity index (χ3v) is 5.60. The van der Waals surface area contributed by atoms with Crippen LogP contribution in [0.15, 0.2) is 15.7 Å². The Labute approximate surface area is 144 Å². The number of hydrogen-bond acceptors (Lipinski definition) is 5. The van der Waals surface area contributed by atoms with Crippen LogP contribution < -0.4 is 21.6 Å². The lowest BCUT2D eigenvalue weighted by atomic mass is 10.1. The van der Waals surface area contributed by atoms with E-state index in [9.17, 15) is 14.0 Å². The lowest BCUT2D eigenvalue weighted by Gasteiger charge is -2.21. The molecule has 3 aromatic rings. The molecule has 25 heavy (non-hydrogen) atoms. The number of pyridine rings is 1. The van der Waals surface area contributed by atoms with Crippen LogP contribution in [0, 0.1) is 11.6 Å². The molecule has 132 valence electrons. The Morgan fingerprint density at radius 2 is 2.16 bits per heavy atom. The molecule has 0 radical (unpaired) electrons. The molecule has 0 spiro atoms. The van der Waals surface area contributed by atoms with E-state index in [1.165, 1.54) is 0 Å². The number of nitrogens with two attached hydrogens (primary N) is 1. The molecular formula is C16H16F2N4O2S. The molecule has 1 aliphatic heterocycles. The zero-order valence-corrected chi connectivity index (χ0v) is 14.3. The highest BCUT2D eigenvalue weighted by Crippen LogP contribution is 2.33. The van der Waals surface area contributed by atoms with E-state index < -0.39 is 22.6 Å². The standard InChI is InChI=1S/C16H16F2N4O2S/c1-2-22-12-8(14(23)10-15(24)20-25-16(10)22)5-9(17)13(11(12)18)21-4-3-7(19)6-21/h5,7H,2-4,6,19H2,1H3,(H,20,24). The summed E-state index contributed by atoms with van der Waals surface area (Å²) in [6.07, 6.45) is 0.649. The molecule has 0 amide bonds. The van der Waals surface area contributed by atoms with Crippen molar-refractivity contribution in [2.45, 2.75) is 25.9 Å². The van der Waals surface area contributed by atoms with Crippen LogP contribution >= 0.6 is 11.5 Å². The molecule has 0 bridgehead atoms. The van der Waals surface area contributed by atoms with E-state index in [0.717, 1.165) is 17.6 Å². The van der Waals surface area contributed by atoms with Gasteiger partial charge in [0, 0.05) is 25.7 Å². The zero-order chi connectivity index (χ0) is 17.9. The van der Waals surface area contributed by atoms with Crippen LogP contribution in [0.4, 0.5) is 14.5 Å². The maximum absolute atomic E-state index is 15.3. The van der Waals surface area contributed by atoms with Crippen LogP contribution in [0.5, 0.6) is 0 Å². The topological polar surface area (TPSA) is 84.1 Å². The van der Waals surface area contributed by atoms with Gasteiger partial charge in [0.1, 0.15) is 21.7 Å². The second-order valence-corrected chi connectivity index (χ2v) is 6.99.